The molecule has 0 bridgehead atoms. The molecule has 0 spiro atoms. The quantitative estimate of drug-likeness (QED) is 0.790. The van der Waals surface area contributed by atoms with Crippen molar-refractivity contribution in [2.45, 2.75) is 0 Å². The molecule has 0 aliphatic heterocycles. The molecule has 2 aromatic rings. The molecule has 0 saturated heterocycles. The highest BCUT2D eigenvalue weighted by atomic mass is 35.5. The second-order valence-electron chi connectivity index (χ2n) is 3.21. The minimum absolute atomic E-state index is 0.300. The molecule has 1 aromatic carbocycles. The van der Waals surface area contributed by atoms with E-state index in [4.69, 9.17) is 27.9 Å². The first-order valence-corrected chi connectivity index (χ1v) is 5.48. The summed E-state index contributed by atoms with van der Waals surface area (Å²) in [6, 6.07) is 6.57. The van der Waals surface area contributed by atoms with Crippen molar-refractivity contribution in [2.75, 3.05) is 0 Å². The lowest BCUT2D eigenvalue weighted by Gasteiger charge is -2.08. The number of ether oxygens (including phenoxy) is 1. The van der Waals surface area contributed by atoms with Gasteiger partial charge in [-0.15, -0.1) is 0 Å². The third-order valence-corrected chi connectivity index (χ3v) is 2.57. The zero-order valence-corrected chi connectivity index (χ0v) is 10.1. The van der Waals surface area contributed by atoms with Crippen LogP contribution in [0.2, 0.25) is 10.0 Å². The summed E-state index contributed by atoms with van der Waals surface area (Å²) in [6.45, 7) is 0. The lowest BCUT2D eigenvalue weighted by Crippen LogP contribution is -1.91. The van der Waals surface area contributed by atoms with Crippen molar-refractivity contribution in [1.82, 2.24) is 4.98 Å². The molecule has 17 heavy (non-hydrogen) atoms. The maximum atomic E-state index is 10.9. The molecule has 2 rings (SSSR count). The third-order valence-electron chi connectivity index (χ3n) is 2.04. The van der Waals surface area contributed by atoms with Gasteiger partial charge in [0.1, 0.15) is 11.5 Å². The molecule has 0 radical (unpaired) electrons. The summed E-state index contributed by atoms with van der Waals surface area (Å²) in [5.41, 5.74) is 0.300. The van der Waals surface area contributed by atoms with Crippen LogP contribution in [0.1, 0.15) is 10.4 Å². The van der Waals surface area contributed by atoms with Crippen LogP contribution in [0, 0.1) is 0 Å². The van der Waals surface area contributed by atoms with Gasteiger partial charge in [0.05, 0.1) is 21.8 Å². The lowest BCUT2D eigenvalue weighted by atomic mass is 10.2. The van der Waals surface area contributed by atoms with Crippen molar-refractivity contribution in [3.05, 3.63) is 52.3 Å². The topological polar surface area (TPSA) is 39.2 Å². The van der Waals surface area contributed by atoms with E-state index in [1.807, 2.05) is 0 Å². The molecule has 0 amide bonds. The lowest BCUT2D eigenvalue weighted by molar-refractivity contribution is 0.112. The smallest absolute Gasteiger partial charge is 0.155 e. The Morgan fingerprint density at radius 2 is 2.06 bits per heavy atom. The highest BCUT2D eigenvalue weighted by molar-refractivity contribution is 6.33. The molecule has 0 fully saturated rings. The molecule has 1 heterocycles. The molecule has 1 aromatic heterocycles. The van der Waals surface area contributed by atoms with Crippen LogP contribution in [0.25, 0.3) is 0 Å². The fourth-order valence-corrected chi connectivity index (χ4v) is 1.67. The highest BCUT2D eigenvalue weighted by Gasteiger charge is 2.08. The Labute approximate surface area is 108 Å². The second-order valence-corrected chi connectivity index (χ2v) is 4.05. The highest BCUT2D eigenvalue weighted by Crippen LogP contribution is 2.29. The van der Waals surface area contributed by atoms with Gasteiger partial charge in [-0.25, -0.2) is 0 Å². The van der Waals surface area contributed by atoms with E-state index in [1.54, 1.807) is 24.3 Å². The normalized spacial score (nSPS) is 10.0. The van der Waals surface area contributed by atoms with Crippen LogP contribution in [0.4, 0.5) is 0 Å². The van der Waals surface area contributed by atoms with Gasteiger partial charge in [-0.05, 0) is 12.1 Å². The number of carbonyl (C=O) groups is 1. The zero-order chi connectivity index (χ0) is 12.3. The molecule has 0 atom stereocenters. The van der Waals surface area contributed by atoms with Crippen LogP contribution in [0.15, 0.2) is 36.7 Å². The van der Waals surface area contributed by atoms with Gasteiger partial charge in [-0.1, -0.05) is 29.3 Å². The van der Waals surface area contributed by atoms with Gasteiger partial charge in [0.2, 0.25) is 0 Å². The third kappa shape index (κ3) is 2.75. The van der Waals surface area contributed by atoms with Crippen molar-refractivity contribution in [3.63, 3.8) is 0 Å². The predicted octanol–water partition coefficient (Wildman–Crippen LogP) is 3.99. The Bertz CT molecular complexity index is 558. The van der Waals surface area contributed by atoms with Crippen LogP contribution in [-0.4, -0.2) is 11.3 Å². The summed E-state index contributed by atoms with van der Waals surface area (Å²) in [7, 11) is 0. The SMILES string of the molecule is O=Cc1c(Cl)cccc1Oc1cncc(Cl)c1. The van der Waals surface area contributed by atoms with E-state index in [2.05, 4.69) is 4.98 Å². The van der Waals surface area contributed by atoms with Crippen molar-refractivity contribution >= 4 is 29.5 Å². The molecule has 0 aliphatic rings. The average Bonchev–Trinajstić information content (AvgIpc) is 2.29. The maximum Gasteiger partial charge on any atom is 0.155 e. The molecule has 0 N–H and O–H groups in total. The van der Waals surface area contributed by atoms with Crippen molar-refractivity contribution in [2.24, 2.45) is 0 Å². The largest absolute Gasteiger partial charge is 0.455 e. The van der Waals surface area contributed by atoms with E-state index in [9.17, 15) is 4.79 Å². The van der Waals surface area contributed by atoms with Gasteiger partial charge in [0.25, 0.3) is 0 Å². The van der Waals surface area contributed by atoms with E-state index in [1.165, 1.54) is 12.4 Å². The van der Waals surface area contributed by atoms with Gasteiger partial charge < -0.3 is 4.74 Å². The number of halogens is 2. The van der Waals surface area contributed by atoms with E-state index in [0.717, 1.165) is 0 Å². The van der Waals surface area contributed by atoms with Gasteiger partial charge in [-0.3, -0.25) is 9.78 Å². The van der Waals surface area contributed by atoms with E-state index in [0.29, 0.717) is 33.4 Å². The number of rotatable bonds is 3. The average molecular weight is 268 g/mol. The number of benzene rings is 1. The Balaban J connectivity index is 2.36. The molecule has 0 unspecified atom stereocenters. The van der Waals surface area contributed by atoms with Crippen LogP contribution in [-0.2, 0) is 0 Å². The minimum Gasteiger partial charge on any atom is -0.455 e. The maximum absolute atomic E-state index is 10.9. The predicted molar refractivity (Wildman–Crippen MR) is 66.2 cm³/mol. The van der Waals surface area contributed by atoms with Crippen LogP contribution < -0.4 is 4.74 Å². The number of aromatic nitrogens is 1. The van der Waals surface area contributed by atoms with Crippen molar-refractivity contribution in [1.29, 1.82) is 0 Å². The van der Waals surface area contributed by atoms with Gasteiger partial charge >= 0.3 is 0 Å². The fourth-order valence-electron chi connectivity index (χ4n) is 1.30. The summed E-state index contributed by atoms with van der Waals surface area (Å²) in [5.74, 6) is 0.819. The van der Waals surface area contributed by atoms with Crippen molar-refractivity contribution < 1.29 is 9.53 Å². The first-order valence-electron chi connectivity index (χ1n) is 4.73. The minimum atomic E-state index is 0.300. The van der Waals surface area contributed by atoms with E-state index < -0.39 is 0 Å². The monoisotopic (exact) mass is 267 g/mol. The van der Waals surface area contributed by atoms with Crippen LogP contribution >= 0.6 is 23.2 Å². The summed E-state index contributed by atoms with van der Waals surface area (Å²) < 4.78 is 5.50. The first-order chi connectivity index (χ1) is 8.20. The fraction of sp³-hybridized carbons (Fsp3) is 0. The van der Waals surface area contributed by atoms with Crippen molar-refractivity contribution in [3.8, 4) is 11.5 Å². The zero-order valence-electron chi connectivity index (χ0n) is 8.56. The van der Waals surface area contributed by atoms with Crippen LogP contribution in [0.5, 0.6) is 11.5 Å². The molecule has 0 aliphatic carbocycles. The van der Waals surface area contributed by atoms with E-state index >= 15 is 0 Å². The Morgan fingerprint density at radius 1 is 1.24 bits per heavy atom. The van der Waals surface area contributed by atoms with Gasteiger partial charge in [0, 0.05) is 12.3 Å². The molecule has 86 valence electrons. The van der Waals surface area contributed by atoms with Gasteiger partial charge in [0.15, 0.2) is 6.29 Å². The number of carbonyl (C=O) groups excluding carboxylic acids is 1. The number of nitrogens with zero attached hydrogens (tertiary/aromatic N) is 1. The molecule has 0 saturated carbocycles. The number of hydrogen-bond acceptors (Lipinski definition) is 3. The Morgan fingerprint density at radius 3 is 2.76 bits per heavy atom. The number of pyridine rings is 1. The molecule has 3 nitrogen and oxygen atoms in total. The summed E-state index contributed by atoms with van der Waals surface area (Å²) >= 11 is 11.7. The van der Waals surface area contributed by atoms with Gasteiger partial charge in [-0.2, -0.15) is 0 Å². The first kappa shape index (κ1) is 11.9. The Hall–Kier alpha value is -1.58. The second kappa shape index (κ2) is 5.17. The van der Waals surface area contributed by atoms with Crippen LogP contribution in [0.3, 0.4) is 0 Å². The number of aldehydes is 1. The Kier molecular flexibility index (Phi) is 3.61. The molecular weight excluding hydrogens is 261 g/mol. The standard InChI is InChI=1S/C12H7Cl2NO2/c13-8-4-9(6-15-5-8)17-12-3-1-2-11(14)10(12)7-16/h1-7H. The number of hydrogen-bond donors (Lipinski definition) is 0. The summed E-state index contributed by atoms with van der Waals surface area (Å²) in [4.78, 5) is 14.8. The molecule has 5 heteroatoms. The van der Waals surface area contributed by atoms with E-state index in [-0.39, 0.29) is 0 Å². The molecular formula is C12H7Cl2NO2. The summed E-state index contributed by atoms with van der Waals surface area (Å²) in [6.07, 6.45) is 3.64. The summed E-state index contributed by atoms with van der Waals surface area (Å²) in [5, 5.41) is 0.796.